The van der Waals surface area contributed by atoms with Crippen molar-refractivity contribution in [2.45, 2.75) is 24.9 Å². The standard InChI is InChI=1S/C11H15NOS/c13-8-11-3-10(4-11)6-12(11)5-9-1-2-14-7-9/h1-2,7,10,13H,3-6,8H2. The Morgan fingerprint density at radius 1 is 1.57 bits per heavy atom. The molecule has 2 bridgehead atoms. The topological polar surface area (TPSA) is 23.5 Å². The van der Waals surface area contributed by atoms with Gasteiger partial charge in [0.15, 0.2) is 0 Å². The van der Waals surface area contributed by atoms with Gasteiger partial charge >= 0.3 is 0 Å². The molecular weight excluding hydrogens is 194 g/mol. The molecule has 2 aliphatic heterocycles. The van der Waals surface area contributed by atoms with Crippen LogP contribution in [0.1, 0.15) is 18.4 Å². The molecule has 0 spiro atoms. The molecule has 0 radical (unpaired) electrons. The molecular formula is C11H15NOS. The number of rotatable bonds is 3. The summed E-state index contributed by atoms with van der Waals surface area (Å²) in [4.78, 5) is 2.47. The molecule has 3 heterocycles. The molecule has 1 N–H and O–H groups in total. The third-order valence-corrected chi connectivity index (χ3v) is 4.47. The van der Waals surface area contributed by atoms with Crippen LogP contribution in [0.3, 0.4) is 0 Å². The second kappa shape index (κ2) is 3.05. The number of hydrogen-bond donors (Lipinski definition) is 1. The lowest BCUT2D eigenvalue weighted by Crippen LogP contribution is -2.48. The average Bonchev–Trinajstić information content (AvgIpc) is 2.77. The van der Waals surface area contributed by atoms with E-state index in [2.05, 4.69) is 21.7 Å². The van der Waals surface area contributed by atoms with Crippen LogP contribution in [-0.2, 0) is 6.54 Å². The van der Waals surface area contributed by atoms with Gasteiger partial charge in [0.1, 0.15) is 0 Å². The minimum atomic E-state index is 0.159. The Kier molecular flexibility index (Phi) is 1.94. The molecule has 3 heteroatoms. The SMILES string of the molecule is OCC12CC(CN1Cc1ccsc1)C2. The zero-order valence-electron chi connectivity index (χ0n) is 8.15. The van der Waals surface area contributed by atoms with E-state index in [1.807, 2.05) is 0 Å². The van der Waals surface area contributed by atoms with Gasteiger partial charge in [-0.2, -0.15) is 11.3 Å². The molecule has 0 unspecified atom stereocenters. The first-order chi connectivity index (χ1) is 6.82. The van der Waals surface area contributed by atoms with Crippen LogP contribution in [0.5, 0.6) is 0 Å². The summed E-state index contributed by atoms with van der Waals surface area (Å²) in [5, 5.41) is 13.8. The van der Waals surface area contributed by atoms with Gasteiger partial charge in [-0.05, 0) is 41.1 Å². The van der Waals surface area contributed by atoms with E-state index in [-0.39, 0.29) is 5.54 Å². The van der Waals surface area contributed by atoms with Crippen LogP contribution in [0.25, 0.3) is 0 Å². The summed E-state index contributed by atoms with van der Waals surface area (Å²) in [7, 11) is 0. The third-order valence-electron chi connectivity index (χ3n) is 3.73. The summed E-state index contributed by atoms with van der Waals surface area (Å²) in [5.74, 6) is 0.862. The van der Waals surface area contributed by atoms with Gasteiger partial charge in [0.25, 0.3) is 0 Å². The van der Waals surface area contributed by atoms with Gasteiger partial charge in [-0.15, -0.1) is 0 Å². The largest absolute Gasteiger partial charge is 0.394 e. The molecule has 3 fully saturated rings. The highest BCUT2D eigenvalue weighted by molar-refractivity contribution is 7.07. The number of nitrogens with zero attached hydrogens (tertiary/aromatic N) is 1. The van der Waals surface area contributed by atoms with Crippen molar-refractivity contribution in [3.63, 3.8) is 0 Å². The molecule has 2 nitrogen and oxygen atoms in total. The quantitative estimate of drug-likeness (QED) is 0.819. The highest BCUT2D eigenvalue weighted by atomic mass is 32.1. The maximum absolute atomic E-state index is 9.42. The minimum absolute atomic E-state index is 0.159. The van der Waals surface area contributed by atoms with Crippen LogP contribution in [0.15, 0.2) is 16.8 Å². The lowest BCUT2D eigenvalue weighted by atomic mass is 9.74. The predicted octanol–water partition coefficient (Wildman–Crippen LogP) is 1.70. The van der Waals surface area contributed by atoms with E-state index in [4.69, 9.17) is 0 Å². The Morgan fingerprint density at radius 2 is 2.43 bits per heavy atom. The Morgan fingerprint density at radius 3 is 3.07 bits per heavy atom. The molecule has 14 heavy (non-hydrogen) atoms. The lowest BCUT2D eigenvalue weighted by Gasteiger charge is -2.40. The van der Waals surface area contributed by atoms with Crippen molar-refractivity contribution in [1.82, 2.24) is 4.90 Å². The van der Waals surface area contributed by atoms with Gasteiger partial charge in [-0.3, -0.25) is 4.90 Å². The van der Waals surface area contributed by atoms with Crippen LogP contribution in [0.4, 0.5) is 0 Å². The molecule has 3 aliphatic rings. The zero-order chi connectivity index (χ0) is 9.60. The highest BCUT2D eigenvalue weighted by Crippen LogP contribution is 2.50. The summed E-state index contributed by atoms with van der Waals surface area (Å²) >= 11 is 1.76. The van der Waals surface area contributed by atoms with Crippen molar-refractivity contribution in [1.29, 1.82) is 0 Å². The highest BCUT2D eigenvalue weighted by Gasteiger charge is 2.55. The maximum Gasteiger partial charge on any atom is 0.0615 e. The normalized spacial score (nSPS) is 35.9. The van der Waals surface area contributed by atoms with Crippen molar-refractivity contribution in [2.75, 3.05) is 13.2 Å². The Bertz CT molecular complexity index is 316. The predicted molar refractivity (Wildman–Crippen MR) is 57.3 cm³/mol. The fourth-order valence-electron chi connectivity index (χ4n) is 2.97. The van der Waals surface area contributed by atoms with Gasteiger partial charge in [0.2, 0.25) is 0 Å². The maximum atomic E-state index is 9.42. The average molecular weight is 209 g/mol. The number of aliphatic hydroxyl groups excluding tert-OH is 1. The van der Waals surface area contributed by atoms with Crippen molar-refractivity contribution in [3.8, 4) is 0 Å². The first-order valence-electron chi connectivity index (χ1n) is 5.19. The minimum Gasteiger partial charge on any atom is -0.394 e. The van der Waals surface area contributed by atoms with Gasteiger partial charge in [-0.25, -0.2) is 0 Å². The molecule has 4 rings (SSSR count). The Hall–Kier alpha value is -0.380. The molecule has 1 saturated carbocycles. The van der Waals surface area contributed by atoms with Crippen LogP contribution < -0.4 is 0 Å². The Labute approximate surface area is 88.2 Å². The molecule has 0 amide bonds. The summed E-state index contributed by atoms with van der Waals surface area (Å²) < 4.78 is 0. The molecule has 76 valence electrons. The van der Waals surface area contributed by atoms with Crippen LogP contribution in [-0.4, -0.2) is 28.7 Å². The van der Waals surface area contributed by atoms with E-state index in [0.717, 1.165) is 12.5 Å². The van der Waals surface area contributed by atoms with Crippen LogP contribution in [0.2, 0.25) is 0 Å². The van der Waals surface area contributed by atoms with E-state index >= 15 is 0 Å². The fraction of sp³-hybridized carbons (Fsp3) is 0.636. The van der Waals surface area contributed by atoms with Crippen molar-refractivity contribution < 1.29 is 5.11 Å². The van der Waals surface area contributed by atoms with E-state index in [1.165, 1.54) is 24.9 Å². The smallest absolute Gasteiger partial charge is 0.0615 e. The van der Waals surface area contributed by atoms with Gasteiger partial charge in [0.05, 0.1) is 6.61 Å². The third kappa shape index (κ3) is 1.16. The summed E-state index contributed by atoms with van der Waals surface area (Å²) in [6, 6.07) is 2.19. The van der Waals surface area contributed by atoms with Gasteiger partial charge in [0, 0.05) is 18.6 Å². The van der Waals surface area contributed by atoms with Crippen molar-refractivity contribution in [2.24, 2.45) is 5.92 Å². The zero-order valence-corrected chi connectivity index (χ0v) is 8.96. The molecule has 2 saturated heterocycles. The summed E-state index contributed by atoms with van der Waals surface area (Å²) in [6.07, 6.45) is 2.43. The van der Waals surface area contributed by atoms with E-state index in [9.17, 15) is 5.11 Å². The van der Waals surface area contributed by atoms with Crippen molar-refractivity contribution in [3.05, 3.63) is 22.4 Å². The molecule has 0 atom stereocenters. The lowest BCUT2D eigenvalue weighted by molar-refractivity contribution is 0.0336. The molecule has 1 aromatic heterocycles. The second-order valence-corrected chi connectivity index (χ2v) is 5.45. The molecule has 0 aromatic carbocycles. The molecule has 1 aromatic rings. The van der Waals surface area contributed by atoms with Gasteiger partial charge < -0.3 is 5.11 Å². The Balaban J connectivity index is 1.74. The van der Waals surface area contributed by atoms with E-state index in [1.54, 1.807) is 11.3 Å². The monoisotopic (exact) mass is 209 g/mol. The first-order valence-corrected chi connectivity index (χ1v) is 6.14. The van der Waals surface area contributed by atoms with Gasteiger partial charge in [-0.1, -0.05) is 0 Å². The van der Waals surface area contributed by atoms with Crippen LogP contribution in [0, 0.1) is 5.92 Å². The number of hydrogen-bond acceptors (Lipinski definition) is 3. The van der Waals surface area contributed by atoms with Crippen LogP contribution >= 0.6 is 11.3 Å². The summed E-state index contributed by atoms with van der Waals surface area (Å²) in [5.41, 5.74) is 1.56. The fourth-order valence-corrected chi connectivity index (χ4v) is 3.63. The number of fused-ring (bicyclic) bond motifs is 1. The number of aliphatic hydroxyl groups is 1. The second-order valence-electron chi connectivity index (χ2n) is 4.67. The molecule has 1 aliphatic carbocycles. The van der Waals surface area contributed by atoms with E-state index in [0.29, 0.717) is 6.61 Å². The number of thiophene rings is 1. The van der Waals surface area contributed by atoms with E-state index < -0.39 is 0 Å². The summed E-state index contributed by atoms with van der Waals surface area (Å²) in [6.45, 7) is 2.56. The first kappa shape index (κ1) is 8.89. The van der Waals surface area contributed by atoms with Crippen molar-refractivity contribution >= 4 is 11.3 Å².